The van der Waals surface area contributed by atoms with Crippen molar-refractivity contribution >= 4 is 0 Å². The lowest BCUT2D eigenvalue weighted by molar-refractivity contribution is -0.275. The van der Waals surface area contributed by atoms with Crippen LogP contribution >= 0.6 is 0 Å². The van der Waals surface area contributed by atoms with Gasteiger partial charge in [-0.05, 0) is 33.0 Å². The quantitative estimate of drug-likeness (QED) is 0.871. The van der Waals surface area contributed by atoms with E-state index in [-0.39, 0.29) is 5.75 Å². The van der Waals surface area contributed by atoms with E-state index < -0.39 is 17.9 Å². The first-order valence-electron chi connectivity index (χ1n) is 6.98. The number of nitrogens with zero attached hydrogens (tertiary/aromatic N) is 1. The first-order chi connectivity index (χ1) is 9.63. The fourth-order valence-electron chi connectivity index (χ4n) is 2.57. The molecule has 1 aromatic carbocycles. The molecule has 0 aliphatic rings. The average molecular weight is 304 g/mol. The van der Waals surface area contributed by atoms with Crippen molar-refractivity contribution in [2.75, 3.05) is 13.1 Å². The summed E-state index contributed by atoms with van der Waals surface area (Å²) >= 11 is 0. The van der Waals surface area contributed by atoms with E-state index in [0.29, 0.717) is 5.56 Å². The number of alkyl halides is 3. The highest BCUT2D eigenvalue weighted by Crippen LogP contribution is 2.36. The molecule has 1 aromatic rings. The monoisotopic (exact) mass is 304 g/mol. The van der Waals surface area contributed by atoms with Crippen LogP contribution in [0.2, 0.25) is 0 Å². The summed E-state index contributed by atoms with van der Waals surface area (Å²) in [7, 11) is 0. The van der Waals surface area contributed by atoms with Crippen LogP contribution in [0.3, 0.4) is 0 Å². The Bertz CT molecular complexity index is 456. The molecular weight excluding hydrogens is 281 g/mol. The van der Waals surface area contributed by atoms with Crippen molar-refractivity contribution in [2.45, 2.75) is 45.6 Å². The van der Waals surface area contributed by atoms with Gasteiger partial charge in [-0.1, -0.05) is 32.0 Å². The number of hydrogen-bond acceptors (Lipinski definition) is 3. The number of hydrogen-bond donors (Lipinski definition) is 1. The van der Waals surface area contributed by atoms with Crippen LogP contribution in [0.1, 0.15) is 39.3 Å². The topological polar surface area (TPSA) is 38.5 Å². The van der Waals surface area contributed by atoms with Gasteiger partial charge in [0.25, 0.3) is 0 Å². The standard InChI is InChI=1S/C15H23F3N2O/c1-5-20(6-2)14(3,4)13(19)11-9-7-8-10-12(11)21-15(16,17)18/h7-10,13H,5-6,19H2,1-4H3. The Kier molecular flexibility index (Phi) is 5.64. The first kappa shape index (κ1) is 17.8. The minimum Gasteiger partial charge on any atom is -0.405 e. The number of para-hydroxylation sites is 1. The highest BCUT2D eigenvalue weighted by molar-refractivity contribution is 5.37. The molecule has 0 heterocycles. The van der Waals surface area contributed by atoms with E-state index >= 15 is 0 Å². The zero-order valence-corrected chi connectivity index (χ0v) is 12.9. The van der Waals surface area contributed by atoms with Crippen LogP contribution < -0.4 is 10.5 Å². The molecule has 0 radical (unpaired) electrons. The molecule has 0 aliphatic heterocycles. The third-order valence-electron chi connectivity index (χ3n) is 3.82. The Morgan fingerprint density at radius 2 is 1.67 bits per heavy atom. The van der Waals surface area contributed by atoms with Gasteiger partial charge in [-0.3, -0.25) is 4.90 Å². The fraction of sp³-hybridized carbons (Fsp3) is 0.600. The molecule has 3 nitrogen and oxygen atoms in total. The van der Waals surface area contributed by atoms with E-state index in [0.717, 1.165) is 13.1 Å². The third kappa shape index (κ3) is 4.35. The molecule has 0 aliphatic carbocycles. The highest BCUT2D eigenvalue weighted by Gasteiger charge is 2.37. The van der Waals surface area contributed by atoms with Gasteiger partial charge in [-0.2, -0.15) is 0 Å². The van der Waals surface area contributed by atoms with Crippen molar-refractivity contribution in [1.29, 1.82) is 0 Å². The molecule has 21 heavy (non-hydrogen) atoms. The lowest BCUT2D eigenvalue weighted by Crippen LogP contribution is -2.51. The van der Waals surface area contributed by atoms with E-state index in [2.05, 4.69) is 9.64 Å². The van der Waals surface area contributed by atoms with Gasteiger partial charge in [0.05, 0.1) is 6.04 Å². The molecule has 0 fully saturated rings. The Hall–Kier alpha value is -1.27. The Labute approximate surface area is 123 Å². The molecule has 0 saturated carbocycles. The maximum absolute atomic E-state index is 12.5. The number of likely N-dealkylation sites (N-methyl/N-ethyl adjacent to an activating group) is 1. The zero-order chi connectivity index (χ0) is 16.3. The minimum atomic E-state index is -4.73. The number of nitrogens with two attached hydrogens (primary N) is 1. The van der Waals surface area contributed by atoms with Crippen LogP contribution in [0.15, 0.2) is 24.3 Å². The predicted molar refractivity (Wildman–Crippen MR) is 77.1 cm³/mol. The normalized spacial score (nSPS) is 14.3. The molecule has 1 unspecified atom stereocenters. The number of ether oxygens (including phenoxy) is 1. The molecular formula is C15H23F3N2O. The molecule has 6 heteroatoms. The van der Waals surface area contributed by atoms with Crippen LogP contribution in [0.4, 0.5) is 13.2 Å². The minimum absolute atomic E-state index is 0.238. The molecule has 1 rings (SSSR count). The third-order valence-corrected chi connectivity index (χ3v) is 3.82. The van der Waals surface area contributed by atoms with Gasteiger partial charge < -0.3 is 10.5 Å². The molecule has 0 spiro atoms. The maximum atomic E-state index is 12.5. The van der Waals surface area contributed by atoms with Gasteiger partial charge in [-0.15, -0.1) is 13.2 Å². The van der Waals surface area contributed by atoms with E-state index in [4.69, 9.17) is 5.73 Å². The van der Waals surface area contributed by atoms with E-state index in [1.54, 1.807) is 12.1 Å². The summed E-state index contributed by atoms with van der Waals surface area (Å²) in [6.45, 7) is 9.37. The van der Waals surface area contributed by atoms with Gasteiger partial charge in [-0.25, -0.2) is 0 Å². The summed E-state index contributed by atoms with van der Waals surface area (Å²) in [5.74, 6) is -0.238. The van der Waals surface area contributed by atoms with Gasteiger partial charge in [0.15, 0.2) is 0 Å². The van der Waals surface area contributed by atoms with Crippen molar-refractivity contribution in [3.8, 4) is 5.75 Å². The van der Waals surface area contributed by atoms with Crippen molar-refractivity contribution in [3.05, 3.63) is 29.8 Å². The second-order valence-corrected chi connectivity index (χ2v) is 5.39. The van der Waals surface area contributed by atoms with E-state index in [1.165, 1.54) is 12.1 Å². The Balaban J connectivity index is 3.15. The van der Waals surface area contributed by atoms with Crippen LogP contribution in [-0.4, -0.2) is 29.9 Å². The summed E-state index contributed by atoms with van der Waals surface area (Å²) in [4.78, 5) is 2.11. The molecule has 1 atom stereocenters. The molecule has 0 bridgehead atoms. The van der Waals surface area contributed by atoms with Gasteiger partial charge in [0.1, 0.15) is 5.75 Å². The highest BCUT2D eigenvalue weighted by atomic mass is 19.4. The van der Waals surface area contributed by atoms with Crippen molar-refractivity contribution in [2.24, 2.45) is 5.73 Å². The Morgan fingerprint density at radius 1 is 1.14 bits per heavy atom. The molecule has 0 saturated heterocycles. The Morgan fingerprint density at radius 3 is 2.14 bits per heavy atom. The van der Waals surface area contributed by atoms with Crippen LogP contribution in [-0.2, 0) is 0 Å². The van der Waals surface area contributed by atoms with Crippen molar-refractivity contribution in [3.63, 3.8) is 0 Å². The molecule has 0 aromatic heterocycles. The van der Waals surface area contributed by atoms with Crippen LogP contribution in [0.25, 0.3) is 0 Å². The van der Waals surface area contributed by atoms with E-state index in [9.17, 15) is 13.2 Å². The number of benzene rings is 1. The van der Waals surface area contributed by atoms with Gasteiger partial charge >= 0.3 is 6.36 Å². The summed E-state index contributed by atoms with van der Waals surface area (Å²) in [6.07, 6.45) is -4.73. The summed E-state index contributed by atoms with van der Waals surface area (Å²) in [5, 5.41) is 0. The van der Waals surface area contributed by atoms with Crippen LogP contribution in [0.5, 0.6) is 5.75 Å². The SMILES string of the molecule is CCN(CC)C(C)(C)C(N)c1ccccc1OC(F)(F)F. The van der Waals surface area contributed by atoms with Gasteiger partial charge in [0.2, 0.25) is 0 Å². The molecule has 2 N–H and O–H groups in total. The van der Waals surface area contributed by atoms with Crippen molar-refractivity contribution in [1.82, 2.24) is 4.90 Å². The maximum Gasteiger partial charge on any atom is 0.573 e. The largest absolute Gasteiger partial charge is 0.573 e. The summed E-state index contributed by atoms with van der Waals surface area (Å²) < 4.78 is 41.6. The summed E-state index contributed by atoms with van der Waals surface area (Å²) in [6, 6.07) is 5.44. The van der Waals surface area contributed by atoms with E-state index in [1.807, 2.05) is 27.7 Å². The molecule has 0 amide bonds. The lowest BCUT2D eigenvalue weighted by atomic mass is 9.87. The van der Waals surface area contributed by atoms with Crippen LogP contribution in [0, 0.1) is 0 Å². The molecule has 120 valence electrons. The predicted octanol–water partition coefficient (Wildman–Crippen LogP) is 3.71. The fourth-order valence-corrected chi connectivity index (χ4v) is 2.57. The number of rotatable bonds is 6. The average Bonchev–Trinajstić information content (AvgIpc) is 2.37. The van der Waals surface area contributed by atoms with Gasteiger partial charge in [0, 0.05) is 11.1 Å². The second-order valence-electron chi connectivity index (χ2n) is 5.39. The first-order valence-corrected chi connectivity index (χ1v) is 6.98. The second kappa shape index (κ2) is 6.66. The lowest BCUT2D eigenvalue weighted by Gasteiger charge is -2.42. The smallest absolute Gasteiger partial charge is 0.405 e. The zero-order valence-electron chi connectivity index (χ0n) is 12.9. The van der Waals surface area contributed by atoms with Crippen molar-refractivity contribution < 1.29 is 17.9 Å². The number of halogens is 3. The summed E-state index contributed by atoms with van der Waals surface area (Å²) in [5.41, 5.74) is 6.12.